The molecule has 2 atom stereocenters. The number of hydrogen-bond acceptors (Lipinski definition) is 4. The second kappa shape index (κ2) is 7.15. The third-order valence-electron chi connectivity index (χ3n) is 4.75. The van der Waals surface area contributed by atoms with Gasteiger partial charge in [-0.2, -0.15) is 0 Å². The highest BCUT2D eigenvalue weighted by Gasteiger charge is 2.35. The Morgan fingerprint density at radius 3 is 2.85 bits per heavy atom. The number of nitrogens with one attached hydrogen (secondary N) is 1. The van der Waals surface area contributed by atoms with Gasteiger partial charge in [0.15, 0.2) is 0 Å². The number of para-hydroxylation sites is 1. The highest BCUT2D eigenvalue weighted by molar-refractivity contribution is 6.04. The molecule has 0 aliphatic carbocycles. The average molecular weight is 353 g/mol. The quantitative estimate of drug-likeness (QED) is 0.919. The molecule has 2 aliphatic heterocycles. The lowest BCUT2D eigenvalue weighted by molar-refractivity contribution is -0.140. The van der Waals surface area contributed by atoms with Crippen molar-refractivity contribution in [1.82, 2.24) is 4.90 Å². The number of halogens is 1. The molecule has 2 unspecified atom stereocenters. The SMILES string of the molecule is O=C(C1CC(c2cccc(F)c2)=NO1)N1CCC(Nc2ccccc2)C1. The van der Waals surface area contributed by atoms with Crippen molar-refractivity contribution >= 4 is 17.3 Å². The Kier molecular flexibility index (Phi) is 4.56. The predicted molar refractivity (Wildman–Crippen MR) is 97.5 cm³/mol. The molecule has 1 fully saturated rings. The molecule has 1 N–H and O–H groups in total. The Hall–Kier alpha value is -2.89. The molecule has 2 aromatic rings. The first-order valence-corrected chi connectivity index (χ1v) is 8.78. The van der Waals surface area contributed by atoms with E-state index in [9.17, 15) is 9.18 Å². The van der Waals surface area contributed by atoms with Crippen molar-refractivity contribution < 1.29 is 14.0 Å². The summed E-state index contributed by atoms with van der Waals surface area (Å²) in [6, 6.07) is 16.4. The summed E-state index contributed by atoms with van der Waals surface area (Å²) < 4.78 is 13.4. The molecule has 0 saturated carbocycles. The normalized spacial score (nSPS) is 22.0. The zero-order valence-corrected chi connectivity index (χ0v) is 14.3. The van der Waals surface area contributed by atoms with E-state index < -0.39 is 6.10 Å². The van der Waals surface area contributed by atoms with Gasteiger partial charge in [0.2, 0.25) is 6.10 Å². The van der Waals surface area contributed by atoms with Crippen LogP contribution < -0.4 is 5.32 Å². The lowest BCUT2D eigenvalue weighted by Crippen LogP contribution is -2.39. The number of hydrogen-bond donors (Lipinski definition) is 1. The van der Waals surface area contributed by atoms with E-state index in [0.717, 1.165) is 12.1 Å². The lowest BCUT2D eigenvalue weighted by atomic mass is 10.0. The van der Waals surface area contributed by atoms with Crippen LogP contribution >= 0.6 is 0 Å². The summed E-state index contributed by atoms with van der Waals surface area (Å²) in [6.07, 6.45) is 0.643. The number of carbonyl (C=O) groups is 1. The summed E-state index contributed by atoms with van der Waals surface area (Å²) in [6.45, 7) is 1.33. The van der Waals surface area contributed by atoms with Crippen molar-refractivity contribution in [1.29, 1.82) is 0 Å². The molecular weight excluding hydrogens is 333 g/mol. The number of nitrogens with zero attached hydrogens (tertiary/aromatic N) is 2. The van der Waals surface area contributed by atoms with E-state index in [4.69, 9.17) is 4.84 Å². The van der Waals surface area contributed by atoms with Gasteiger partial charge in [0, 0.05) is 36.8 Å². The van der Waals surface area contributed by atoms with E-state index in [0.29, 0.717) is 30.8 Å². The van der Waals surface area contributed by atoms with Gasteiger partial charge >= 0.3 is 0 Å². The van der Waals surface area contributed by atoms with E-state index in [-0.39, 0.29) is 17.8 Å². The Morgan fingerprint density at radius 1 is 1.19 bits per heavy atom. The van der Waals surface area contributed by atoms with Gasteiger partial charge in [0.05, 0.1) is 5.71 Å². The first kappa shape index (κ1) is 16.6. The minimum absolute atomic E-state index is 0.0579. The molecule has 2 heterocycles. The van der Waals surface area contributed by atoms with Gasteiger partial charge in [0.1, 0.15) is 5.82 Å². The molecule has 4 rings (SSSR count). The van der Waals surface area contributed by atoms with Crippen molar-refractivity contribution in [2.75, 3.05) is 18.4 Å². The highest BCUT2D eigenvalue weighted by atomic mass is 19.1. The average Bonchev–Trinajstić information content (AvgIpc) is 3.32. The van der Waals surface area contributed by atoms with E-state index in [1.54, 1.807) is 12.1 Å². The highest BCUT2D eigenvalue weighted by Crippen LogP contribution is 2.22. The second-order valence-corrected chi connectivity index (χ2v) is 6.63. The molecule has 26 heavy (non-hydrogen) atoms. The van der Waals surface area contributed by atoms with Crippen molar-refractivity contribution in [3.63, 3.8) is 0 Å². The first-order valence-electron chi connectivity index (χ1n) is 8.78. The number of rotatable bonds is 4. The van der Waals surface area contributed by atoms with Gasteiger partial charge < -0.3 is 15.1 Å². The molecule has 0 aromatic heterocycles. The van der Waals surface area contributed by atoms with Gasteiger partial charge in [-0.3, -0.25) is 4.79 Å². The predicted octanol–water partition coefficient (Wildman–Crippen LogP) is 3.03. The van der Waals surface area contributed by atoms with Crippen LogP contribution in [0.2, 0.25) is 0 Å². The van der Waals surface area contributed by atoms with Crippen molar-refractivity contribution in [2.45, 2.75) is 25.0 Å². The molecule has 5 nitrogen and oxygen atoms in total. The Labute approximate surface area is 151 Å². The van der Waals surface area contributed by atoms with E-state index in [1.165, 1.54) is 12.1 Å². The van der Waals surface area contributed by atoms with Crippen molar-refractivity contribution in [3.8, 4) is 0 Å². The van der Waals surface area contributed by atoms with Crippen molar-refractivity contribution in [2.24, 2.45) is 5.16 Å². The van der Waals surface area contributed by atoms with E-state index in [2.05, 4.69) is 10.5 Å². The molecule has 6 heteroatoms. The lowest BCUT2D eigenvalue weighted by Gasteiger charge is -2.20. The van der Waals surface area contributed by atoms with Crippen LogP contribution in [0.5, 0.6) is 0 Å². The van der Waals surface area contributed by atoms with E-state index >= 15 is 0 Å². The topological polar surface area (TPSA) is 53.9 Å². The molecule has 1 saturated heterocycles. The summed E-state index contributed by atoms with van der Waals surface area (Å²) in [7, 11) is 0. The monoisotopic (exact) mass is 353 g/mol. The van der Waals surface area contributed by atoms with Gasteiger partial charge in [-0.1, -0.05) is 35.5 Å². The third-order valence-corrected chi connectivity index (χ3v) is 4.75. The standard InChI is InChI=1S/C20H20FN3O2/c21-15-6-4-5-14(11-15)18-12-19(26-23-18)20(25)24-10-9-17(13-24)22-16-7-2-1-3-8-16/h1-8,11,17,19,22H,9-10,12-13H2. The Bertz CT molecular complexity index is 825. The van der Waals surface area contributed by atoms with Crippen LogP contribution in [0.25, 0.3) is 0 Å². The van der Waals surface area contributed by atoms with Crippen LogP contribution in [0.3, 0.4) is 0 Å². The summed E-state index contributed by atoms with van der Waals surface area (Å²) in [5.74, 6) is -0.383. The molecule has 0 bridgehead atoms. The molecule has 2 aromatic carbocycles. The van der Waals surface area contributed by atoms with Gasteiger partial charge in [0.25, 0.3) is 5.91 Å². The fourth-order valence-electron chi connectivity index (χ4n) is 3.40. The molecular formula is C20H20FN3O2. The number of anilines is 1. The molecule has 0 radical (unpaired) electrons. The minimum atomic E-state index is -0.622. The van der Waals surface area contributed by atoms with Crippen LogP contribution in [0, 0.1) is 5.82 Å². The summed E-state index contributed by atoms with van der Waals surface area (Å²) in [5.41, 5.74) is 2.33. The summed E-state index contributed by atoms with van der Waals surface area (Å²) in [5, 5.41) is 7.45. The Balaban J connectivity index is 1.33. The number of carbonyl (C=O) groups excluding carboxylic acids is 1. The first-order chi connectivity index (χ1) is 12.7. The smallest absolute Gasteiger partial charge is 0.266 e. The van der Waals surface area contributed by atoms with Crippen LogP contribution in [-0.2, 0) is 9.63 Å². The minimum Gasteiger partial charge on any atom is -0.382 e. The molecule has 2 aliphatic rings. The molecule has 1 amide bonds. The van der Waals surface area contributed by atoms with Gasteiger partial charge in [-0.15, -0.1) is 0 Å². The largest absolute Gasteiger partial charge is 0.382 e. The maximum absolute atomic E-state index is 13.4. The van der Waals surface area contributed by atoms with Crippen molar-refractivity contribution in [3.05, 3.63) is 66.0 Å². The zero-order chi connectivity index (χ0) is 17.9. The number of likely N-dealkylation sites (tertiary alicyclic amines) is 1. The van der Waals surface area contributed by atoms with Crippen LogP contribution in [0.4, 0.5) is 10.1 Å². The summed E-state index contributed by atoms with van der Waals surface area (Å²) in [4.78, 5) is 19.9. The Morgan fingerprint density at radius 2 is 2.04 bits per heavy atom. The van der Waals surface area contributed by atoms with Crippen LogP contribution in [0.1, 0.15) is 18.4 Å². The maximum Gasteiger partial charge on any atom is 0.266 e. The van der Waals surface area contributed by atoms with E-state index in [1.807, 2.05) is 35.2 Å². The number of oxime groups is 1. The fourth-order valence-corrected chi connectivity index (χ4v) is 3.40. The van der Waals surface area contributed by atoms with Gasteiger partial charge in [-0.25, -0.2) is 4.39 Å². The molecule has 134 valence electrons. The summed E-state index contributed by atoms with van der Waals surface area (Å²) >= 11 is 0. The third kappa shape index (κ3) is 3.54. The second-order valence-electron chi connectivity index (χ2n) is 6.63. The van der Waals surface area contributed by atoms with Crippen LogP contribution in [0.15, 0.2) is 59.8 Å². The molecule has 0 spiro atoms. The maximum atomic E-state index is 13.4. The van der Waals surface area contributed by atoms with Crippen LogP contribution in [-0.4, -0.2) is 41.8 Å². The number of benzene rings is 2. The zero-order valence-electron chi connectivity index (χ0n) is 14.3. The van der Waals surface area contributed by atoms with Gasteiger partial charge in [-0.05, 0) is 30.7 Å². The fraction of sp³-hybridized carbons (Fsp3) is 0.300. The number of amides is 1.